The summed E-state index contributed by atoms with van der Waals surface area (Å²) in [7, 11) is 0. The van der Waals surface area contributed by atoms with E-state index in [2.05, 4.69) is 94.0 Å². The molecule has 2 heterocycles. The zero-order valence-corrected chi connectivity index (χ0v) is 17.6. The second-order valence-electron chi connectivity index (χ2n) is 9.59. The molecule has 28 heavy (non-hydrogen) atoms. The molecule has 0 amide bonds. The fraction of sp³-hybridized carbons (Fsp3) is 0.320. The number of fused-ring (bicyclic) bond motifs is 1. The van der Waals surface area contributed by atoms with E-state index in [9.17, 15) is 0 Å². The molecule has 0 fully saturated rings. The lowest BCUT2D eigenvalue weighted by atomic mass is 9.86. The Bertz CT molecular complexity index is 1120. The van der Waals surface area contributed by atoms with Crippen LogP contribution in [0.25, 0.3) is 33.6 Å². The second kappa shape index (κ2) is 6.37. The predicted molar refractivity (Wildman–Crippen MR) is 117 cm³/mol. The van der Waals surface area contributed by atoms with Crippen LogP contribution in [0.15, 0.2) is 59.1 Å². The molecular weight excluding hydrogens is 344 g/mol. The largest absolute Gasteiger partial charge is 0.454 e. The van der Waals surface area contributed by atoms with Crippen LogP contribution in [0.1, 0.15) is 52.9 Å². The van der Waals surface area contributed by atoms with E-state index in [0.29, 0.717) is 0 Å². The number of nitrogens with one attached hydrogen (secondary N) is 1. The van der Waals surface area contributed by atoms with Crippen molar-refractivity contribution >= 4 is 11.0 Å². The van der Waals surface area contributed by atoms with Crippen molar-refractivity contribution in [1.29, 1.82) is 0 Å². The topological polar surface area (TPSA) is 41.8 Å². The summed E-state index contributed by atoms with van der Waals surface area (Å²) in [5.41, 5.74) is 5.70. The van der Waals surface area contributed by atoms with E-state index in [1.807, 2.05) is 12.3 Å². The molecule has 4 aromatic rings. The summed E-state index contributed by atoms with van der Waals surface area (Å²) in [6.45, 7) is 13.1. The van der Waals surface area contributed by atoms with Gasteiger partial charge in [0.1, 0.15) is 17.1 Å². The lowest BCUT2D eigenvalue weighted by molar-refractivity contribution is 0.552. The normalized spacial score (nSPS) is 12.6. The minimum atomic E-state index is -0.0172. The zero-order chi connectivity index (χ0) is 20.1. The Morgan fingerprint density at radius 1 is 0.786 bits per heavy atom. The summed E-state index contributed by atoms with van der Waals surface area (Å²) in [6.07, 6.45) is 1.85. The van der Waals surface area contributed by atoms with Gasteiger partial charge in [0.25, 0.3) is 0 Å². The smallest absolute Gasteiger partial charge is 0.153 e. The van der Waals surface area contributed by atoms with Crippen molar-refractivity contribution in [3.05, 3.63) is 66.1 Å². The number of aromatic nitrogens is 2. The third-order valence-electron chi connectivity index (χ3n) is 5.15. The molecule has 0 bridgehead atoms. The van der Waals surface area contributed by atoms with Gasteiger partial charge in [-0.1, -0.05) is 71.9 Å². The van der Waals surface area contributed by atoms with Gasteiger partial charge in [-0.3, -0.25) is 0 Å². The molecule has 0 spiro atoms. The van der Waals surface area contributed by atoms with Gasteiger partial charge in [0.05, 0.1) is 6.20 Å². The van der Waals surface area contributed by atoms with Crippen molar-refractivity contribution in [2.24, 2.45) is 0 Å². The number of hydrogen-bond acceptors (Lipinski definition) is 2. The predicted octanol–water partition coefficient (Wildman–Crippen LogP) is 7.08. The van der Waals surface area contributed by atoms with Gasteiger partial charge in [0, 0.05) is 10.8 Å². The van der Waals surface area contributed by atoms with E-state index >= 15 is 0 Å². The highest BCUT2D eigenvalue weighted by molar-refractivity contribution is 5.86. The average molecular weight is 373 g/mol. The summed E-state index contributed by atoms with van der Waals surface area (Å²) in [5, 5.41) is 1.10. The lowest BCUT2D eigenvalue weighted by Crippen LogP contribution is -2.13. The number of imidazole rings is 1. The number of nitrogens with zero attached hydrogens (tertiary/aromatic N) is 1. The third-order valence-corrected chi connectivity index (χ3v) is 5.15. The van der Waals surface area contributed by atoms with Crippen LogP contribution in [-0.4, -0.2) is 9.97 Å². The molecule has 1 N–H and O–H groups in total. The Hall–Kier alpha value is -2.81. The Labute approximate surface area is 166 Å². The van der Waals surface area contributed by atoms with Crippen molar-refractivity contribution in [2.75, 3.05) is 0 Å². The Morgan fingerprint density at radius 3 is 2.07 bits per heavy atom. The number of benzene rings is 2. The van der Waals surface area contributed by atoms with Crippen molar-refractivity contribution in [1.82, 2.24) is 9.97 Å². The molecule has 2 aromatic carbocycles. The van der Waals surface area contributed by atoms with Crippen LogP contribution in [0, 0.1) is 0 Å². The molecule has 0 atom stereocenters. The molecule has 144 valence electrons. The fourth-order valence-electron chi connectivity index (χ4n) is 3.35. The minimum absolute atomic E-state index is 0.0172. The van der Waals surface area contributed by atoms with Crippen molar-refractivity contribution in [3.8, 4) is 22.6 Å². The molecular formula is C25H28N2O. The van der Waals surface area contributed by atoms with Crippen LogP contribution in [-0.2, 0) is 10.8 Å². The molecule has 0 radical (unpaired) electrons. The summed E-state index contributed by atoms with van der Waals surface area (Å²) < 4.78 is 6.06. The van der Waals surface area contributed by atoms with E-state index in [4.69, 9.17) is 4.42 Å². The van der Waals surface area contributed by atoms with Gasteiger partial charge >= 0.3 is 0 Å². The van der Waals surface area contributed by atoms with Crippen LogP contribution in [0.5, 0.6) is 0 Å². The third kappa shape index (κ3) is 3.49. The molecule has 0 saturated carbocycles. The lowest BCUT2D eigenvalue weighted by Gasteiger charge is -2.19. The Balaban J connectivity index is 1.68. The molecule has 0 unspecified atom stereocenters. The highest BCUT2D eigenvalue weighted by Crippen LogP contribution is 2.32. The summed E-state index contributed by atoms with van der Waals surface area (Å²) in [4.78, 5) is 7.90. The molecule has 3 nitrogen and oxygen atoms in total. The van der Waals surface area contributed by atoms with Gasteiger partial charge in [0.15, 0.2) is 5.76 Å². The van der Waals surface area contributed by atoms with Crippen LogP contribution in [0.2, 0.25) is 0 Å². The number of furan rings is 1. The number of hydrogen-bond donors (Lipinski definition) is 1. The fourth-order valence-corrected chi connectivity index (χ4v) is 3.35. The molecule has 0 aliphatic carbocycles. The number of rotatable bonds is 2. The Kier molecular flexibility index (Phi) is 4.22. The average Bonchev–Trinajstić information content (AvgIpc) is 3.27. The summed E-state index contributed by atoms with van der Waals surface area (Å²) >= 11 is 0. The summed E-state index contributed by atoms with van der Waals surface area (Å²) in [6, 6.07) is 17.3. The first kappa shape index (κ1) is 18.5. The van der Waals surface area contributed by atoms with Crippen LogP contribution < -0.4 is 0 Å². The quantitative estimate of drug-likeness (QED) is 0.408. The van der Waals surface area contributed by atoms with Crippen LogP contribution in [0.4, 0.5) is 0 Å². The Morgan fingerprint density at radius 2 is 1.46 bits per heavy atom. The van der Waals surface area contributed by atoms with Crippen molar-refractivity contribution in [2.45, 2.75) is 52.4 Å². The maximum Gasteiger partial charge on any atom is 0.153 e. The van der Waals surface area contributed by atoms with E-state index in [0.717, 1.165) is 28.2 Å². The molecule has 3 heteroatoms. The molecule has 0 saturated heterocycles. The molecule has 4 rings (SSSR count). The van der Waals surface area contributed by atoms with Crippen LogP contribution >= 0.6 is 0 Å². The summed E-state index contributed by atoms with van der Waals surface area (Å²) in [5.74, 6) is 1.78. The second-order valence-corrected chi connectivity index (χ2v) is 9.59. The molecule has 2 aromatic heterocycles. The van der Waals surface area contributed by atoms with Gasteiger partial charge < -0.3 is 9.40 Å². The monoisotopic (exact) mass is 372 g/mol. The highest BCUT2D eigenvalue weighted by Gasteiger charge is 2.19. The van der Waals surface area contributed by atoms with Gasteiger partial charge in [-0.2, -0.15) is 0 Å². The van der Waals surface area contributed by atoms with Gasteiger partial charge in [-0.05, 0) is 40.3 Å². The molecule has 0 aliphatic rings. The first-order valence-electron chi connectivity index (χ1n) is 9.82. The standard InChI is InChI=1S/C25H28N2O/c1-24(2,3)19-10-7-16(8-11-19)17-9-12-21-18(13-17)14-22(28-21)20-15-26-23(27-20)25(4,5)6/h7-15H,1-6H3,(H,26,27). The SMILES string of the molecule is CC(C)(C)c1ccc(-c2ccc3oc(-c4cnc(C(C)(C)C)[nH]4)cc3c2)cc1. The van der Waals surface area contributed by atoms with E-state index in [1.54, 1.807) is 0 Å². The van der Waals surface area contributed by atoms with E-state index in [1.165, 1.54) is 16.7 Å². The van der Waals surface area contributed by atoms with Crippen LogP contribution in [0.3, 0.4) is 0 Å². The zero-order valence-electron chi connectivity index (χ0n) is 17.6. The number of H-pyrrole nitrogens is 1. The van der Waals surface area contributed by atoms with Gasteiger partial charge in [0.2, 0.25) is 0 Å². The maximum atomic E-state index is 6.06. The first-order valence-corrected chi connectivity index (χ1v) is 9.82. The van der Waals surface area contributed by atoms with Crippen molar-refractivity contribution in [3.63, 3.8) is 0 Å². The van der Waals surface area contributed by atoms with E-state index in [-0.39, 0.29) is 10.8 Å². The molecule has 0 aliphatic heterocycles. The van der Waals surface area contributed by atoms with Crippen molar-refractivity contribution < 1.29 is 4.42 Å². The maximum absolute atomic E-state index is 6.06. The van der Waals surface area contributed by atoms with E-state index < -0.39 is 0 Å². The number of aromatic amines is 1. The minimum Gasteiger partial charge on any atom is -0.454 e. The highest BCUT2D eigenvalue weighted by atomic mass is 16.3. The van der Waals surface area contributed by atoms with Gasteiger partial charge in [-0.15, -0.1) is 0 Å². The first-order chi connectivity index (χ1) is 13.1. The van der Waals surface area contributed by atoms with Gasteiger partial charge in [-0.25, -0.2) is 4.98 Å².